The van der Waals surface area contributed by atoms with Crippen molar-refractivity contribution in [2.45, 2.75) is 39.2 Å². The van der Waals surface area contributed by atoms with Crippen molar-refractivity contribution in [2.24, 2.45) is 11.8 Å². The first-order valence-corrected chi connectivity index (χ1v) is 7.33. The minimum Gasteiger partial charge on any atom is -0.313 e. The van der Waals surface area contributed by atoms with Crippen LogP contribution in [-0.2, 0) is 6.42 Å². The first-order chi connectivity index (χ1) is 8.20. The third-order valence-electron chi connectivity index (χ3n) is 3.56. The predicted molar refractivity (Wildman–Crippen MR) is 75.0 cm³/mol. The van der Waals surface area contributed by atoms with Gasteiger partial charge in [0.05, 0.1) is 0 Å². The number of hydrogen-bond acceptors (Lipinski definition) is 2. The SMILES string of the molecule is CCCNC(Cc1ccc(Br)cn1)C1CC1C. The van der Waals surface area contributed by atoms with E-state index in [1.165, 1.54) is 18.5 Å². The van der Waals surface area contributed by atoms with Crippen molar-refractivity contribution >= 4 is 15.9 Å². The van der Waals surface area contributed by atoms with Crippen molar-refractivity contribution in [3.05, 3.63) is 28.5 Å². The Morgan fingerprint density at radius 1 is 1.53 bits per heavy atom. The molecule has 94 valence electrons. The first kappa shape index (κ1) is 13.0. The minimum absolute atomic E-state index is 0.610. The highest BCUT2D eigenvalue weighted by Gasteiger charge is 2.39. The Morgan fingerprint density at radius 3 is 2.82 bits per heavy atom. The zero-order valence-electron chi connectivity index (χ0n) is 10.6. The molecule has 3 heteroatoms. The standard InChI is InChI=1S/C14H21BrN2/c1-3-6-16-14(13-7-10(13)2)8-12-5-4-11(15)9-17-12/h4-5,9-10,13-14,16H,3,6-8H2,1-2H3. The number of nitrogens with one attached hydrogen (secondary N) is 1. The summed E-state index contributed by atoms with van der Waals surface area (Å²) >= 11 is 3.43. The molecule has 1 aromatic rings. The van der Waals surface area contributed by atoms with E-state index in [1.54, 1.807) is 0 Å². The van der Waals surface area contributed by atoms with Crippen molar-refractivity contribution in [1.82, 2.24) is 10.3 Å². The summed E-state index contributed by atoms with van der Waals surface area (Å²) in [7, 11) is 0. The molecule has 1 saturated carbocycles. The summed E-state index contributed by atoms with van der Waals surface area (Å²) in [6.45, 7) is 5.68. The molecule has 2 nitrogen and oxygen atoms in total. The number of aromatic nitrogens is 1. The molecular weight excluding hydrogens is 276 g/mol. The summed E-state index contributed by atoms with van der Waals surface area (Å²) in [4.78, 5) is 4.47. The van der Waals surface area contributed by atoms with Gasteiger partial charge in [-0.3, -0.25) is 4.98 Å². The van der Waals surface area contributed by atoms with Gasteiger partial charge in [0.15, 0.2) is 0 Å². The summed E-state index contributed by atoms with van der Waals surface area (Å²) in [5, 5.41) is 3.67. The Kier molecular flexibility index (Phi) is 4.57. The summed E-state index contributed by atoms with van der Waals surface area (Å²) in [6.07, 6.45) is 5.52. The molecule has 1 N–H and O–H groups in total. The molecule has 1 aliphatic rings. The molecule has 1 aliphatic carbocycles. The van der Waals surface area contributed by atoms with Crippen LogP contribution in [0, 0.1) is 11.8 Å². The third kappa shape index (κ3) is 3.78. The van der Waals surface area contributed by atoms with Crippen molar-refractivity contribution in [3.8, 4) is 0 Å². The molecule has 1 aromatic heterocycles. The number of rotatable bonds is 6. The Morgan fingerprint density at radius 2 is 2.29 bits per heavy atom. The fourth-order valence-electron chi connectivity index (χ4n) is 2.37. The van der Waals surface area contributed by atoms with E-state index < -0.39 is 0 Å². The van der Waals surface area contributed by atoms with Gasteiger partial charge in [-0.1, -0.05) is 13.8 Å². The highest BCUT2D eigenvalue weighted by molar-refractivity contribution is 9.10. The largest absolute Gasteiger partial charge is 0.313 e. The summed E-state index contributed by atoms with van der Waals surface area (Å²) in [6, 6.07) is 4.81. The smallest absolute Gasteiger partial charge is 0.0420 e. The van der Waals surface area contributed by atoms with Crippen LogP contribution in [0.25, 0.3) is 0 Å². The van der Waals surface area contributed by atoms with E-state index in [0.29, 0.717) is 6.04 Å². The molecule has 0 aliphatic heterocycles. The van der Waals surface area contributed by atoms with Crippen molar-refractivity contribution in [1.29, 1.82) is 0 Å². The lowest BCUT2D eigenvalue weighted by Gasteiger charge is -2.18. The summed E-state index contributed by atoms with van der Waals surface area (Å²) < 4.78 is 1.05. The zero-order chi connectivity index (χ0) is 12.3. The monoisotopic (exact) mass is 296 g/mol. The lowest BCUT2D eigenvalue weighted by Crippen LogP contribution is -2.34. The van der Waals surface area contributed by atoms with Gasteiger partial charge in [-0.15, -0.1) is 0 Å². The van der Waals surface area contributed by atoms with Crippen LogP contribution in [-0.4, -0.2) is 17.6 Å². The van der Waals surface area contributed by atoms with Gasteiger partial charge in [0.1, 0.15) is 0 Å². The second-order valence-electron chi connectivity index (χ2n) is 5.11. The maximum atomic E-state index is 4.47. The summed E-state index contributed by atoms with van der Waals surface area (Å²) in [5.74, 6) is 1.74. The normalized spacial score (nSPS) is 24.6. The van der Waals surface area contributed by atoms with Crippen LogP contribution >= 0.6 is 15.9 Å². The van der Waals surface area contributed by atoms with Gasteiger partial charge < -0.3 is 5.32 Å². The van der Waals surface area contributed by atoms with Crippen LogP contribution in [0.5, 0.6) is 0 Å². The molecule has 17 heavy (non-hydrogen) atoms. The molecule has 3 atom stereocenters. The molecule has 0 radical (unpaired) electrons. The molecule has 1 heterocycles. The molecule has 2 rings (SSSR count). The van der Waals surface area contributed by atoms with Crippen LogP contribution < -0.4 is 5.32 Å². The van der Waals surface area contributed by atoms with Gasteiger partial charge in [-0.25, -0.2) is 0 Å². The quantitative estimate of drug-likeness (QED) is 0.870. The number of hydrogen-bond donors (Lipinski definition) is 1. The van der Waals surface area contributed by atoms with Gasteiger partial charge in [0.2, 0.25) is 0 Å². The van der Waals surface area contributed by atoms with Gasteiger partial charge in [0.25, 0.3) is 0 Å². The molecule has 0 aromatic carbocycles. The highest BCUT2D eigenvalue weighted by atomic mass is 79.9. The molecule has 0 spiro atoms. The second-order valence-corrected chi connectivity index (χ2v) is 6.03. The van der Waals surface area contributed by atoms with Crippen LogP contribution in [0.15, 0.2) is 22.8 Å². The number of nitrogens with zero attached hydrogens (tertiary/aromatic N) is 1. The first-order valence-electron chi connectivity index (χ1n) is 6.54. The molecule has 1 fully saturated rings. The zero-order valence-corrected chi connectivity index (χ0v) is 12.2. The lowest BCUT2D eigenvalue weighted by molar-refractivity contribution is 0.440. The highest BCUT2D eigenvalue weighted by Crippen LogP contribution is 2.41. The van der Waals surface area contributed by atoms with E-state index >= 15 is 0 Å². The minimum atomic E-state index is 0.610. The average molecular weight is 297 g/mol. The molecule has 3 unspecified atom stereocenters. The predicted octanol–water partition coefficient (Wildman–Crippen LogP) is 3.41. The van der Waals surface area contributed by atoms with Gasteiger partial charge in [0, 0.05) is 28.8 Å². The number of pyridine rings is 1. The van der Waals surface area contributed by atoms with Crippen LogP contribution in [0.2, 0.25) is 0 Å². The van der Waals surface area contributed by atoms with E-state index in [2.05, 4.69) is 52.2 Å². The second kappa shape index (κ2) is 5.96. The van der Waals surface area contributed by atoms with Crippen molar-refractivity contribution in [2.75, 3.05) is 6.54 Å². The van der Waals surface area contributed by atoms with Crippen molar-refractivity contribution in [3.63, 3.8) is 0 Å². The maximum Gasteiger partial charge on any atom is 0.0420 e. The van der Waals surface area contributed by atoms with Crippen LogP contribution in [0.3, 0.4) is 0 Å². The lowest BCUT2D eigenvalue weighted by atomic mass is 10.0. The summed E-state index contributed by atoms with van der Waals surface area (Å²) in [5.41, 5.74) is 1.20. The fraction of sp³-hybridized carbons (Fsp3) is 0.643. The molecular formula is C14H21BrN2. The van der Waals surface area contributed by atoms with Crippen LogP contribution in [0.1, 0.15) is 32.4 Å². The average Bonchev–Trinajstić information content (AvgIpc) is 3.04. The van der Waals surface area contributed by atoms with E-state index in [0.717, 1.165) is 29.3 Å². The van der Waals surface area contributed by atoms with E-state index in [-0.39, 0.29) is 0 Å². The Labute approximate surface area is 112 Å². The topological polar surface area (TPSA) is 24.9 Å². The Balaban J connectivity index is 1.94. The van der Waals surface area contributed by atoms with Gasteiger partial charge in [-0.05, 0) is 59.3 Å². The Bertz CT molecular complexity index is 350. The molecule has 0 saturated heterocycles. The molecule has 0 bridgehead atoms. The van der Waals surface area contributed by atoms with E-state index in [1.807, 2.05) is 6.20 Å². The Hall–Kier alpha value is -0.410. The van der Waals surface area contributed by atoms with Gasteiger partial charge in [-0.2, -0.15) is 0 Å². The fourth-order valence-corrected chi connectivity index (χ4v) is 2.60. The van der Waals surface area contributed by atoms with E-state index in [4.69, 9.17) is 0 Å². The van der Waals surface area contributed by atoms with Crippen LogP contribution in [0.4, 0.5) is 0 Å². The number of halogens is 1. The van der Waals surface area contributed by atoms with Gasteiger partial charge >= 0.3 is 0 Å². The maximum absolute atomic E-state index is 4.47. The van der Waals surface area contributed by atoms with E-state index in [9.17, 15) is 0 Å². The van der Waals surface area contributed by atoms with Crippen molar-refractivity contribution < 1.29 is 0 Å². The third-order valence-corrected chi connectivity index (χ3v) is 4.03. The molecule has 0 amide bonds.